The Labute approximate surface area is 235 Å². The Kier molecular flexibility index (Phi) is 8.44. The molecular formula is C30H41N5O5. The second-order valence-electron chi connectivity index (χ2n) is 11.6. The van der Waals surface area contributed by atoms with Crippen LogP contribution < -0.4 is 10.9 Å². The number of aromatic nitrogens is 1. The van der Waals surface area contributed by atoms with E-state index in [1.165, 1.54) is 0 Å². The van der Waals surface area contributed by atoms with E-state index in [1.54, 1.807) is 27.4 Å². The van der Waals surface area contributed by atoms with Crippen molar-refractivity contribution >= 4 is 28.8 Å². The minimum Gasteiger partial charge on any atom is -0.449 e. The lowest BCUT2D eigenvalue weighted by molar-refractivity contribution is -0.130. The Hall–Kier alpha value is -3.40. The summed E-state index contributed by atoms with van der Waals surface area (Å²) in [5, 5.41) is 4.06. The number of ether oxygens (including phenoxy) is 1. The number of nitrogens with zero attached hydrogens (tertiary/aromatic N) is 4. The molecule has 3 amide bonds. The number of rotatable bonds is 7. The quantitative estimate of drug-likeness (QED) is 0.531. The number of hydrogen-bond donors (Lipinski definition) is 1. The van der Waals surface area contributed by atoms with Crippen molar-refractivity contribution in [3.8, 4) is 0 Å². The molecule has 0 unspecified atom stereocenters. The Morgan fingerprint density at radius 3 is 2.30 bits per heavy atom. The Morgan fingerprint density at radius 2 is 1.65 bits per heavy atom. The number of para-hydroxylation sites is 1. The molecule has 2 aromatic rings. The van der Waals surface area contributed by atoms with Gasteiger partial charge in [-0.1, -0.05) is 18.2 Å². The van der Waals surface area contributed by atoms with Crippen LogP contribution in [-0.2, 0) is 9.53 Å². The first-order valence-electron chi connectivity index (χ1n) is 14.6. The van der Waals surface area contributed by atoms with Crippen molar-refractivity contribution in [2.24, 2.45) is 0 Å². The molecule has 0 aliphatic carbocycles. The van der Waals surface area contributed by atoms with Crippen LogP contribution in [0, 0.1) is 0 Å². The summed E-state index contributed by atoms with van der Waals surface area (Å²) < 4.78 is 7.22. The molecule has 3 fully saturated rings. The van der Waals surface area contributed by atoms with Gasteiger partial charge in [0.25, 0.3) is 11.5 Å². The monoisotopic (exact) mass is 551 g/mol. The number of piperazine rings is 1. The fourth-order valence-electron chi connectivity index (χ4n) is 6.68. The van der Waals surface area contributed by atoms with Gasteiger partial charge in [0, 0.05) is 63.8 Å². The predicted molar refractivity (Wildman–Crippen MR) is 152 cm³/mol. The Balaban J connectivity index is 1.11. The molecule has 3 saturated heterocycles. The van der Waals surface area contributed by atoms with Crippen molar-refractivity contribution in [2.75, 3.05) is 39.3 Å². The van der Waals surface area contributed by atoms with E-state index in [-0.39, 0.29) is 41.1 Å². The van der Waals surface area contributed by atoms with Gasteiger partial charge in [0.05, 0.1) is 12.1 Å². The summed E-state index contributed by atoms with van der Waals surface area (Å²) in [6, 6.07) is 10.1. The number of benzene rings is 1. The van der Waals surface area contributed by atoms with E-state index < -0.39 is 0 Å². The van der Waals surface area contributed by atoms with Gasteiger partial charge in [-0.25, -0.2) is 4.79 Å². The zero-order valence-corrected chi connectivity index (χ0v) is 23.8. The van der Waals surface area contributed by atoms with Gasteiger partial charge in [-0.15, -0.1) is 0 Å². The third-order valence-electron chi connectivity index (χ3n) is 8.70. The van der Waals surface area contributed by atoms with Gasteiger partial charge in [0.15, 0.2) is 0 Å². The third-order valence-corrected chi connectivity index (χ3v) is 8.70. The first-order valence-corrected chi connectivity index (χ1v) is 14.6. The third kappa shape index (κ3) is 5.87. The second-order valence-corrected chi connectivity index (χ2v) is 11.6. The van der Waals surface area contributed by atoms with Crippen LogP contribution >= 0.6 is 0 Å². The van der Waals surface area contributed by atoms with Crippen molar-refractivity contribution in [1.82, 2.24) is 24.6 Å². The molecule has 40 heavy (non-hydrogen) atoms. The van der Waals surface area contributed by atoms with Crippen LogP contribution in [0.3, 0.4) is 0 Å². The topological polar surface area (TPSA) is 104 Å². The summed E-state index contributed by atoms with van der Waals surface area (Å²) in [6.07, 6.45) is 4.34. The van der Waals surface area contributed by atoms with Crippen LogP contribution in [0.25, 0.3) is 10.9 Å². The van der Waals surface area contributed by atoms with E-state index in [0.717, 1.165) is 49.6 Å². The largest absolute Gasteiger partial charge is 0.449 e. The summed E-state index contributed by atoms with van der Waals surface area (Å²) in [6.45, 7) is 8.80. The normalized spacial score (nSPS) is 23.1. The van der Waals surface area contributed by atoms with Gasteiger partial charge in [-0.3, -0.25) is 19.3 Å². The minimum absolute atomic E-state index is 0.0334. The number of carbonyl (C=O) groups is 3. The van der Waals surface area contributed by atoms with Crippen molar-refractivity contribution in [2.45, 2.75) is 77.0 Å². The van der Waals surface area contributed by atoms with Gasteiger partial charge in [-0.05, 0) is 63.5 Å². The van der Waals surface area contributed by atoms with Crippen molar-refractivity contribution in [3.05, 3.63) is 46.2 Å². The number of amides is 3. The number of piperidine rings is 1. The van der Waals surface area contributed by atoms with Crippen molar-refractivity contribution < 1.29 is 19.1 Å². The van der Waals surface area contributed by atoms with Crippen LogP contribution in [0.1, 0.15) is 69.3 Å². The maximum Gasteiger partial charge on any atom is 0.409 e. The standard InChI is InChI=1S/C30H41N5O5/c1-20(2)35-27-8-5-4-7-22(27)17-26(29(35)38)28(37)31-23-18-24-9-10-25(19-23)34(24)11-6-16-40-30(39)33-14-12-32(13-15-33)21(3)36/h4-5,7-8,17,20,23-25H,6,9-16,18-19H2,1-3H3,(H,31,37)/t23-,24+,25-. The highest BCUT2D eigenvalue weighted by atomic mass is 16.6. The first-order chi connectivity index (χ1) is 19.2. The molecule has 2 bridgehead atoms. The van der Waals surface area contributed by atoms with Gasteiger partial charge in [0.1, 0.15) is 5.56 Å². The minimum atomic E-state index is -0.308. The summed E-state index contributed by atoms with van der Waals surface area (Å²) in [7, 11) is 0. The second kappa shape index (κ2) is 12.0. The lowest BCUT2D eigenvalue weighted by atomic mass is 9.96. The fraction of sp³-hybridized carbons (Fsp3) is 0.600. The Bertz CT molecular complexity index is 1300. The summed E-state index contributed by atoms with van der Waals surface area (Å²) in [5.41, 5.74) is 0.792. The van der Waals surface area contributed by atoms with Crippen LogP contribution in [0.2, 0.25) is 0 Å². The number of nitrogens with one attached hydrogen (secondary N) is 1. The highest BCUT2D eigenvalue weighted by Crippen LogP contribution is 2.36. The maximum absolute atomic E-state index is 13.3. The molecule has 3 aliphatic heterocycles. The molecule has 4 heterocycles. The number of fused-ring (bicyclic) bond motifs is 3. The van der Waals surface area contributed by atoms with E-state index in [4.69, 9.17) is 4.74 Å². The maximum atomic E-state index is 13.3. The van der Waals surface area contributed by atoms with Crippen LogP contribution in [0.15, 0.2) is 35.1 Å². The summed E-state index contributed by atoms with van der Waals surface area (Å²) in [5.74, 6) is -0.256. The van der Waals surface area contributed by atoms with Gasteiger partial charge < -0.3 is 24.4 Å². The molecular weight excluding hydrogens is 510 g/mol. The number of carbonyl (C=O) groups excluding carboxylic acids is 3. The van der Waals surface area contributed by atoms with E-state index in [1.807, 2.05) is 38.1 Å². The smallest absolute Gasteiger partial charge is 0.409 e. The molecule has 10 nitrogen and oxygen atoms in total. The number of pyridine rings is 1. The molecule has 1 aromatic heterocycles. The van der Waals surface area contributed by atoms with E-state index in [0.29, 0.717) is 44.9 Å². The van der Waals surface area contributed by atoms with Crippen molar-refractivity contribution in [1.29, 1.82) is 0 Å². The molecule has 0 radical (unpaired) electrons. The van der Waals surface area contributed by atoms with Gasteiger partial charge in [0.2, 0.25) is 5.91 Å². The molecule has 3 aliphatic rings. The zero-order valence-electron chi connectivity index (χ0n) is 23.8. The average molecular weight is 552 g/mol. The molecule has 216 valence electrons. The molecule has 1 aromatic carbocycles. The van der Waals surface area contributed by atoms with Crippen LogP contribution in [-0.4, -0.2) is 94.6 Å². The lowest BCUT2D eigenvalue weighted by Gasteiger charge is -2.39. The molecule has 1 N–H and O–H groups in total. The van der Waals surface area contributed by atoms with Gasteiger partial charge >= 0.3 is 6.09 Å². The Morgan fingerprint density at radius 1 is 1.00 bits per heavy atom. The molecule has 3 atom stereocenters. The fourth-order valence-corrected chi connectivity index (χ4v) is 6.68. The molecule has 5 rings (SSSR count). The van der Waals surface area contributed by atoms with Gasteiger partial charge in [-0.2, -0.15) is 0 Å². The highest BCUT2D eigenvalue weighted by Gasteiger charge is 2.41. The predicted octanol–water partition coefficient (Wildman–Crippen LogP) is 3.00. The molecule has 0 spiro atoms. The van der Waals surface area contributed by atoms with Crippen LogP contribution in [0.4, 0.5) is 4.79 Å². The van der Waals surface area contributed by atoms with E-state index in [9.17, 15) is 19.2 Å². The molecule has 0 saturated carbocycles. The van der Waals surface area contributed by atoms with Crippen LogP contribution in [0.5, 0.6) is 0 Å². The SMILES string of the molecule is CC(=O)N1CCN(C(=O)OCCCN2[C@@H]3CC[C@H]2C[C@@H](NC(=O)c2cc4ccccc4n(C(C)C)c2=O)C3)CC1. The first kappa shape index (κ1) is 28.1. The number of hydrogen-bond acceptors (Lipinski definition) is 6. The van der Waals surface area contributed by atoms with Crippen molar-refractivity contribution in [3.63, 3.8) is 0 Å². The van der Waals surface area contributed by atoms with E-state index >= 15 is 0 Å². The summed E-state index contributed by atoms with van der Waals surface area (Å²) >= 11 is 0. The average Bonchev–Trinajstić information content (AvgIpc) is 3.17. The van der Waals surface area contributed by atoms with E-state index in [2.05, 4.69) is 10.2 Å². The molecule has 10 heteroatoms. The summed E-state index contributed by atoms with van der Waals surface area (Å²) in [4.78, 5) is 56.4. The highest BCUT2D eigenvalue weighted by molar-refractivity contribution is 5.97. The zero-order chi connectivity index (χ0) is 28.4. The lowest BCUT2D eigenvalue weighted by Crippen LogP contribution is -2.51.